The molecule has 5 nitrogen and oxygen atoms in total. The molecule has 1 aromatic carbocycles. The zero-order valence-electron chi connectivity index (χ0n) is 10.8. The van der Waals surface area contributed by atoms with Crippen molar-refractivity contribution in [1.82, 2.24) is 10.2 Å². The zero-order chi connectivity index (χ0) is 13.8. The third-order valence-corrected chi connectivity index (χ3v) is 2.70. The van der Waals surface area contributed by atoms with Crippen molar-refractivity contribution in [3.8, 4) is 0 Å². The minimum absolute atomic E-state index is 0.197. The van der Waals surface area contributed by atoms with Crippen molar-refractivity contribution in [2.45, 2.75) is 20.3 Å². The fraction of sp³-hybridized carbons (Fsp3) is 0.214. The normalized spacial score (nSPS) is 11.1. The summed E-state index contributed by atoms with van der Waals surface area (Å²) in [6.07, 6.45) is 2.79. The van der Waals surface area contributed by atoms with Gasteiger partial charge in [0.05, 0.1) is 6.42 Å². The number of carboxylic acids is 1. The van der Waals surface area contributed by atoms with E-state index in [-0.39, 0.29) is 5.89 Å². The summed E-state index contributed by atoms with van der Waals surface area (Å²) in [5, 5.41) is 16.2. The number of nitrogens with zero attached hydrogens (tertiary/aromatic N) is 2. The van der Waals surface area contributed by atoms with Crippen molar-refractivity contribution in [1.29, 1.82) is 0 Å². The molecule has 0 aliphatic carbocycles. The van der Waals surface area contributed by atoms with Crippen LogP contribution in [0.25, 0.3) is 6.08 Å². The number of aromatic nitrogens is 2. The molecule has 98 valence electrons. The summed E-state index contributed by atoms with van der Waals surface area (Å²) < 4.78 is 5.36. The molecule has 0 amide bonds. The molecule has 1 N–H and O–H groups in total. The summed E-state index contributed by atoms with van der Waals surface area (Å²) in [5.41, 5.74) is 3.45. The summed E-state index contributed by atoms with van der Waals surface area (Å²) >= 11 is 0. The maximum absolute atomic E-state index is 10.4. The number of hydrogen-bond acceptors (Lipinski definition) is 4. The molecule has 0 spiro atoms. The lowest BCUT2D eigenvalue weighted by Crippen LogP contribution is -1.93. The Morgan fingerprint density at radius 2 is 2.16 bits per heavy atom. The number of rotatable bonds is 4. The van der Waals surface area contributed by atoms with E-state index in [1.54, 1.807) is 0 Å². The lowest BCUT2D eigenvalue weighted by Gasteiger charge is -2.03. The van der Waals surface area contributed by atoms with E-state index in [0.717, 1.165) is 17.2 Å². The van der Waals surface area contributed by atoms with Crippen LogP contribution < -0.4 is 0 Å². The van der Waals surface area contributed by atoms with Gasteiger partial charge in [0.2, 0.25) is 11.8 Å². The molecule has 5 heteroatoms. The Morgan fingerprint density at radius 3 is 2.89 bits per heavy atom. The van der Waals surface area contributed by atoms with Gasteiger partial charge in [-0.05, 0) is 25.0 Å². The van der Waals surface area contributed by atoms with Crippen LogP contribution in [-0.2, 0) is 11.2 Å². The number of carboxylic acid groups (broad SMARTS) is 1. The molecule has 0 saturated carbocycles. The van der Waals surface area contributed by atoms with Crippen LogP contribution in [-0.4, -0.2) is 21.3 Å². The number of hydrogen-bond donors (Lipinski definition) is 1. The molecular weight excluding hydrogens is 244 g/mol. The second-order valence-electron chi connectivity index (χ2n) is 4.31. The van der Waals surface area contributed by atoms with Gasteiger partial charge in [0, 0.05) is 12.2 Å². The van der Waals surface area contributed by atoms with Crippen LogP contribution in [0.15, 0.2) is 28.7 Å². The molecule has 2 rings (SSSR count). The second-order valence-corrected chi connectivity index (χ2v) is 4.31. The van der Waals surface area contributed by atoms with Crippen LogP contribution >= 0.6 is 0 Å². The topological polar surface area (TPSA) is 76.2 Å². The lowest BCUT2D eigenvalue weighted by molar-refractivity contribution is -0.131. The van der Waals surface area contributed by atoms with E-state index >= 15 is 0 Å². The van der Waals surface area contributed by atoms with Gasteiger partial charge < -0.3 is 9.52 Å². The van der Waals surface area contributed by atoms with Gasteiger partial charge in [-0.15, -0.1) is 10.2 Å². The van der Waals surface area contributed by atoms with Gasteiger partial charge in [0.1, 0.15) is 0 Å². The van der Waals surface area contributed by atoms with Crippen molar-refractivity contribution >= 4 is 12.0 Å². The molecule has 0 aliphatic heterocycles. The van der Waals surface area contributed by atoms with Crippen LogP contribution in [0.1, 0.15) is 28.5 Å². The standard InChI is InChI=1S/C14H14N2O3/c1-9-3-4-10(2)11(7-9)8-13-16-15-12(19-13)5-6-14(17)18/h3-7H,8H2,1-2H3,(H,17,18)/b6-5+. The first-order valence-electron chi connectivity index (χ1n) is 5.84. The zero-order valence-corrected chi connectivity index (χ0v) is 10.8. The molecule has 19 heavy (non-hydrogen) atoms. The molecule has 1 heterocycles. The molecular formula is C14H14N2O3. The van der Waals surface area contributed by atoms with Gasteiger partial charge in [0.15, 0.2) is 0 Å². The highest BCUT2D eigenvalue weighted by Crippen LogP contribution is 2.15. The fourth-order valence-electron chi connectivity index (χ4n) is 1.70. The van der Waals surface area contributed by atoms with Gasteiger partial charge in [0.25, 0.3) is 0 Å². The Bertz CT molecular complexity index is 629. The fourth-order valence-corrected chi connectivity index (χ4v) is 1.70. The van der Waals surface area contributed by atoms with E-state index in [1.165, 1.54) is 11.6 Å². The first-order valence-corrected chi connectivity index (χ1v) is 5.84. The third kappa shape index (κ3) is 3.51. The highest BCUT2D eigenvalue weighted by Gasteiger charge is 2.07. The average molecular weight is 258 g/mol. The van der Waals surface area contributed by atoms with Gasteiger partial charge in [-0.3, -0.25) is 0 Å². The van der Waals surface area contributed by atoms with E-state index in [1.807, 2.05) is 26.0 Å². The van der Waals surface area contributed by atoms with Crippen LogP contribution in [0.5, 0.6) is 0 Å². The van der Waals surface area contributed by atoms with E-state index in [0.29, 0.717) is 12.3 Å². The third-order valence-electron chi connectivity index (χ3n) is 2.70. The summed E-state index contributed by atoms with van der Waals surface area (Å²) in [7, 11) is 0. The molecule has 0 saturated heterocycles. The van der Waals surface area contributed by atoms with Crippen molar-refractivity contribution in [2.75, 3.05) is 0 Å². The Hall–Kier alpha value is -2.43. The quantitative estimate of drug-likeness (QED) is 0.852. The number of benzene rings is 1. The SMILES string of the molecule is Cc1ccc(C)c(Cc2nnc(/C=C/C(=O)O)o2)c1. The highest BCUT2D eigenvalue weighted by molar-refractivity contribution is 5.84. The van der Waals surface area contributed by atoms with Gasteiger partial charge >= 0.3 is 5.97 Å². The summed E-state index contributed by atoms with van der Waals surface area (Å²) in [5.74, 6) is -0.379. The van der Waals surface area contributed by atoms with E-state index < -0.39 is 5.97 Å². The van der Waals surface area contributed by atoms with Crippen LogP contribution in [0.4, 0.5) is 0 Å². The average Bonchev–Trinajstić information content (AvgIpc) is 2.79. The van der Waals surface area contributed by atoms with Gasteiger partial charge in [-0.2, -0.15) is 0 Å². The minimum Gasteiger partial charge on any atom is -0.478 e. The molecule has 2 aromatic rings. The van der Waals surface area contributed by atoms with Crippen molar-refractivity contribution in [3.05, 3.63) is 52.7 Å². The molecule has 0 aliphatic rings. The van der Waals surface area contributed by atoms with Gasteiger partial charge in [-0.1, -0.05) is 23.8 Å². The second kappa shape index (κ2) is 5.48. The van der Waals surface area contributed by atoms with Crippen LogP contribution in [0.3, 0.4) is 0 Å². The molecule has 0 atom stereocenters. The van der Waals surface area contributed by atoms with Crippen LogP contribution in [0.2, 0.25) is 0 Å². The first kappa shape index (κ1) is 13.0. The minimum atomic E-state index is -1.05. The predicted octanol–water partition coefficient (Wildman–Crippen LogP) is 2.38. The molecule has 0 unspecified atom stereocenters. The monoisotopic (exact) mass is 258 g/mol. The largest absolute Gasteiger partial charge is 0.478 e. The number of aryl methyl sites for hydroxylation is 2. The summed E-state index contributed by atoms with van der Waals surface area (Å²) in [6, 6.07) is 6.17. The van der Waals surface area contributed by atoms with Crippen LogP contribution in [0, 0.1) is 13.8 Å². The van der Waals surface area contributed by atoms with Crippen molar-refractivity contribution in [2.24, 2.45) is 0 Å². The lowest BCUT2D eigenvalue weighted by atomic mass is 10.0. The maximum Gasteiger partial charge on any atom is 0.328 e. The highest BCUT2D eigenvalue weighted by atomic mass is 16.4. The number of aliphatic carboxylic acids is 1. The molecule has 0 radical (unpaired) electrons. The summed E-state index contributed by atoms with van der Waals surface area (Å²) in [4.78, 5) is 10.4. The van der Waals surface area contributed by atoms with Crippen molar-refractivity contribution < 1.29 is 14.3 Å². The van der Waals surface area contributed by atoms with E-state index in [4.69, 9.17) is 9.52 Å². The Morgan fingerprint density at radius 1 is 1.37 bits per heavy atom. The molecule has 1 aromatic heterocycles. The Kier molecular flexibility index (Phi) is 3.75. The maximum atomic E-state index is 10.4. The van der Waals surface area contributed by atoms with Crippen molar-refractivity contribution in [3.63, 3.8) is 0 Å². The predicted molar refractivity (Wildman–Crippen MR) is 69.7 cm³/mol. The Balaban J connectivity index is 2.15. The first-order chi connectivity index (χ1) is 9.04. The smallest absolute Gasteiger partial charge is 0.328 e. The van der Waals surface area contributed by atoms with E-state index in [2.05, 4.69) is 16.3 Å². The summed E-state index contributed by atoms with van der Waals surface area (Å²) in [6.45, 7) is 4.05. The molecule has 0 bridgehead atoms. The van der Waals surface area contributed by atoms with Gasteiger partial charge in [-0.25, -0.2) is 4.79 Å². The number of carbonyl (C=O) groups is 1. The van der Waals surface area contributed by atoms with E-state index in [9.17, 15) is 4.79 Å². The Labute approximate surface area is 110 Å². The molecule has 0 fully saturated rings.